The summed E-state index contributed by atoms with van der Waals surface area (Å²) in [5, 5.41) is 24.5. The van der Waals surface area contributed by atoms with E-state index in [2.05, 4.69) is 59.8 Å². The number of aromatic nitrogens is 2. The van der Waals surface area contributed by atoms with Crippen molar-refractivity contribution in [3.05, 3.63) is 88.2 Å². The molecule has 0 radical (unpaired) electrons. The van der Waals surface area contributed by atoms with Crippen molar-refractivity contribution in [2.24, 2.45) is 0 Å². The molecule has 2 aromatic carbocycles. The minimum Gasteiger partial charge on any atom is -0.390 e. The first-order valence-electron chi connectivity index (χ1n) is 12.8. The second kappa shape index (κ2) is 11.3. The zero-order chi connectivity index (χ0) is 27.5. The number of aliphatic hydroxyl groups excluding tert-OH is 1. The Kier molecular flexibility index (Phi) is 8.28. The molecule has 1 heterocycles. The second-order valence-electron chi connectivity index (χ2n) is 11.2. The van der Waals surface area contributed by atoms with E-state index in [4.69, 9.17) is 0 Å². The normalized spacial score (nSPS) is 19.0. The number of alkyl halides is 1. The van der Waals surface area contributed by atoms with Crippen LogP contribution in [0.15, 0.2) is 48.7 Å². The van der Waals surface area contributed by atoms with Crippen LogP contribution >= 0.6 is 0 Å². The number of hydrogen-bond donors (Lipinski definition) is 4. The van der Waals surface area contributed by atoms with E-state index >= 15 is 0 Å². The van der Waals surface area contributed by atoms with Crippen molar-refractivity contribution in [1.29, 1.82) is 0 Å². The molecule has 1 amide bonds. The van der Waals surface area contributed by atoms with Crippen molar-refractivity contribution in [3.63, 3.8) is 0 Å². The number of carbonyl (C=O) groups is 1. The first-order chi connectivity index (χ1) is 18.0. The maximum atomic E-state index is 13.8. The van der Waals surface area contributed by atoms with Crippen molar-refractivity contribution in [1.82, 2.24) is 20.8 Å². The Labute approximate surface area is 221 Å². The zero-order valence-corrected chi connectivity index (χ0v) is 22.0. The van der Waals surface area contributed by atoms with E-state index in [0.717, 1.165) is 47.9 Å². The van der Waals surface area contributed by atoms with Crippen molar-refractivity contribution < 1.29 is 23.1 Å². The summed E-state index contributed by atoms with van der Waals surface area (Å²) in [5.41, 5.74) is 4.00. The highest BCUT2D eigenvalue weighted by Gasteiger charge is 2.38. The highest BCUT2D eigenvalue weighted by Crippen LogP contribution is 2.37. The van der Waals surface area contributed by atoms with Crippen LogP contribution in [0.25, 0.3) is 0 Å². The molecular formula is C29H35F3N4O2. The summed E-state index contributed by atoms with van der Waals surface area (Å²) in [6, 6.07) is 10.4. The van der Waals surface area contributed by atoms with Gasteiger partial charge in [0.25, 0.3) is 5.91 Å². The van der Waals surface area contributed by atoms with Crippen LogP contribution in [0, 0.1) is 11.6 Å². The molecule has 4 N–H and O–H groups in total. The molecule has 4 rings (SSSR count). The van der Waals surface area contributed by atoms with Gasteiger partial charge in [0.1, 0.15) is 11.6 Å². The number of rotatable bonds is 9. The Bertz CT molecular complexity index is 1250. The molecule has 1 aromatic heterocycles. The van der Waals surface area contributed by atoms with Gasteiger partial charge in [0.15, 0.2) is 6.67 Å². The number of halogens is 3. The fourth-order valence-electron chi connectivity index (χ4n) is 5.19. The van der Waals surface area contributed by atoms with Crippen LogP contribution in [0.5, 0.6) is 0 Å². The fourth-order valence-corrected chi connectivity index (χ4v) is 5.19. The lowest BCUT2D eigenvalue weighted by atomic mass is 9.74. The summed E-state index contributed by atoms with van der Waals surface area (Å²) in [5.74, 6) is -2.43. The average Bonchev–Trinajstić information content (AvgIpc) is 3.33. The molecule has 0 bridgehead atoms. The molecule has 1 aliphatic carbocycles. The third kappa shape index (κ3) is 6.45. The standard InChI is InChI=1S/C29H35F3N4O2/c1-28(2,3)20-5-4-6-21(12-20)29(8-7-24-19(14-29)16-34-36-24)33-17-26(37)25(35-27(38)15-30)11-18-9-22(31)13-23(32)10-18/h4-6,9-10,12-13,16,25-26,33,37H,7-8,11,14-15,17H2,1-3H3,(H,34,36)(H,35,38). The molecule has 3 atom stereocenters. The number of H-pyrrole nitrogens is 1. The Morgan fingerprint density at radius 1 is 1.18 bits per heavy atom. The molecule has 38 heavy (non-hydrogen) atoms. The highest BCUT2D eigenvalue weighted by atomic mass is 19.1. The van der Waals surface area contributed by atoms with Crippen LogP contribution in [0.3, 0.4) is 0 Å². The first kappa shape index (κ1) is 27.9. The Balaban J connectivity index is 1.61. The molecule has 1 aliphatic rings. The molecule has 0 aliphatic heterocycles. The molecule has 0 spiro atoms. The largest absolute Gasteiger partial charge is 0.390 e. The monoisotopic (exact) mass is 528 g/mol. The highest BCUT2D eigenvalue weighted by molar-refractivity contribution is 5.77. The molecule has 3 unspecified atom stereocenters. The SMILES string of the molecule is CC(C)(C)c1cccc(C2(NCC(O)C(Cc3cc(F)cc(F)c3)NC(=O)CF)CCc3n[nH]cc3C2)c1. The topological polar surface area (TPSA) is 90.0 Å². The van der Waals surface area contributed by atoms with Gasteiger partial charge in [-0.3, -0.25) is 9.89 Å². The molecule has 9 heteroatoms. The molecule has 0 saturated heterocycles. The lowest BCUT2D eigenvalue weighted by Gasteiger charge is -2.40. The third-order valence-corrected chi connectivity index (χ3v) is 7.33. The molecular weight excluding hydrogens is 493 g/mol. The van der Waals surface area contributed by atoms with E-state index in [0.29, 0.717) is 6.42 Å². The molecule has 0 saturated carbocycles. The van der Waals surface area contributed by atoms with Crippen molar-refractivity contribution >= 4 is 5.91 Å². The van der Waals surface area contributed by atoms with E-state index in [1.54, 1.807) is 0 Å². The number of aliphatic hydroxyl groups is 1. The van der Waals surface area contributed by atoms with E-state index in [1.807, 2.05) is 12.3 Å². The van der Waals surface area contributed by atoms with Crippen LogP contribution in [0.4, 0.5) is 13.2 Å². The second-order valence-corrected chi connectivity index (χ2v) is 11.2. The number of benzene rings is 2. The van der Waals surface area contributed by atoms with Gasteiger partial charge in [-0.05, 0) is 65.5 Å². The average molecular weight is 529 g/mol. The quantitative estimate of drug-likeness (QED) is 0.338. The fraction of sp³-hybridized carbons (Fsp3) is 0.448. The van der Waals surface area contributed by atoms with Crippen LogP contribution in [0.2, 0.25) is 0 Å². The molecule has 0 fully saturated rings. The van der Waals surface area contributed by atoms with Gasteiger partial charge in [-0.2, -0.15) is 5.10 Å². The van der Waals surface area contributed by atoms with Gasteiger partial charge in [0, 0.05) is 24.3 Å². The summed E-state index contributed by atoms with van der Waals surface area (Å²) >= 11 is 0. The number of nitrogens with zero attached hydrogens (tertiary/aromatic N) is 1. The van der Waals surface area contributed by atoms with Crippen LogP contribution < -0.4 is 10.6 Å². The van der Waals surface area contributed by atoms with E-state index in [-0.39, 0.29) is 23.9 Å². The van der Waals surface area contributed by atoms with E-state index in [9.17, 15) is 23.1 Å². The van der Waals surface area contributed by atoms with Crippen LogP contribution in [-0.2, 0) is 35.0 Å². The van der Waals surface area contributed by atoms with Gasteiger partial charge in [-0.15, -0.1) is 0 Å². The number of aromatic amines is 1. The Morgan fingerprint density at radius 2 is 1.92 bits per heavy atom. The number of hydrogen-bond acceptors (Lipinski definition) is 4. The van der Waals surface area contributed by atoms with E-state index < -0.39 is 41.9 Å². The molecule has 6 nitrogen and oxygen atoms in total. The summed E-state index contributed by atoms with van der Waals surface area (Å²) in [4.78, 5) is 11.9. The van der Waals surface area contributed by atoms with Crippen LogP contribution in [-0.4, -0.2) is 46.6 Å². The number of fused-ring (bicyclic) bond motifs is 1. The lowest BCUT2D eigenvalue weighted by molar-refractivity contribution is -0.123. The maximum Gasteiger partial charge on any atom is 0.251 e. The predicted octanol–water partition coefficient (Wildman–Crippen LogP) is 4.02. The number of aryl methyl sites for hydroxylation is 1. The summed E-state index contributed by atoms with van der Waals surface area (Å²) in [7, 11) is 0. The third-order valence-electron chi connectivity index (χ3n) is 7.33. The van der Waals surface area contributed by atoms with Gasteiger partial charge in [0.2, 0.25) is 0 Å². The van der Waals surface area contributed by atoms with Crippen LogP contribution in [0.1, 0.15) is 55.1 Å². The van der Waals surface area contributed by atoms with Gasteiger partial charge >= 0.3 is 0 Å². The first-order valence-corrected chi connectivity index (χ1v) is 12.8. The van der Waals surface area contributed by atoms with Crippen molar-refractivity contribution in [3.8, 4) is 0 Å². The number of nitrogens with one attached hydrogen (secondary N) is 3. The number of amides is 1. The van der Waals surface area contributed by atoms with Gasteiger partial charge in [0.05, 0.1) is 17.8 Å². The van der Waals surface area contributed by atoms with Gasteiger partial charge < -0.3 is 15.7 Å². The lowest BCUT2D eigenvalue weighted by Crippen LogP contribution is -2.54. The summed E-state index contributed by atoms with van der Waals surface area (Å²) in [6.07, 6.45) is 2.74. The summed E-state index contributed by atoms with van der Waals surface area (Å²) < 4.78 is 40.6. The molecule has 3 aromatic rings. The Morgan fingerprint density at radius 3 is 2.61 bits per heavy atom. The molecule has 204 valence electrons. The number of carbonyl (C=O) groups excluding carboxylic acids is 1. The smallest absolute Gasteiger partial charge is 0.251 e. The predicted molar refractivity (Wildman–Crippen MR) is 139 cm³/mol. The van der Waals surface area contributed by atoms with Crippen molar-refractivity contribution in [2.45, 2.75) is 69.6 Å². The summed E-state index contributed by atoms with van der Waals surface area (Å²) in [6.45, 7) is 5.25. The van der Waals surface area contributed by atoms with Gasteiger partial charge in [-0.1, -0.05) is 45.0 Å². The Hall–Kier alpha value is -3.17. The zero-order valence-electron chi connectivity index (χ0n) is 22.0. The minimum atomic E-state index is -1.26. The minimum absolute atomic E-state index is 0.0575. The van der Waals surface area contributed by atoms with E-state index in [1.165, 1.54) is 5.56 Å². The van der Waals surface area contributed by atoms with Gasteiger partial charge in [-0.25, -0.2) is 13.2 Å². The maximum absolute atomic E-state index is 13.8. The van der Waals surface area contributed by atoms with Crippen molar-refractivity contribution in [2.75, 3.05) is 13.2 Å².